The third-order valence-corrected chi connectivity index (χ3v) is 5.13. The second-order valence-corrected chi connectivity index (χ2v) is 7.47. The van der Waals surface area contributed by atoms with Gasteiger partial charge in [0.25, 0.3) is 0 Å². The van der Waals surface area contributed by atoms with Crippen molar-refractivity contribution in [1.82, 2.24) is 10.1 Å². The van der Waals surface area contributed by atoms with Crippen LogP contribution in [0.4, 0.5) is 11.4 Å². The number of anilines is 2. The van der Waals surface area contributed by atoms with Gasteiger partial charge in [-0.05, 0) is 36.8 Å². The highest BCUT2D eigenvalue weighted by Crippen LogP contribution is 2.30. The lowest BCUT2D eigenvalue weighted by molar-refractivity contribution is -0.122. The number of nitrogens with one attached hydrogen (secondary N) is 1. The van der Waals surface area contributed by atoms with Gasteiger partial charge in [0, 0.05) is 31.1 Å². The van der Waals surface area contributed by atoms with Gasteiger partial charge in [-0.2, -0.15) is 4.98 Å². The number of carbonyl (C=O) groups excluding carboxylic acids is 2. The highest BCUT2D eigenvalue weighted by molar-refractivity contribution is 6.33. The van der Waals surface area contributed by atoms with Gasteiger partial charge in [0.05, 0.1) is 16.6 Å². The molecule has 0 bridgehead atoms. The molecule has 0 radical (unpaired) electrons. The Morgan fingerprint density at radius 1 is 1.24 bits per heavy atom. The van der Waals surface area contributed by atoms with E-state index in [1.54, 1.807) is 24.0 Å². The van der Waals surface area contributed by atoms with E-state index in [0.717, 1.165) is 11.1 Å². The van der Waals surface area contributed by atoms with Gasteiger partial charge in [0.1, 0.15) is 0 Å². The Hall–Kier alpha value is -3.19. The molecule has 8 heteroatoms. The fraction of sp³-hybridized carbons (Fsp3) is 0.238. The van der Waals surface area contributed by atoms with Crippen LogP contribution in [0.2, 0.25) is 5.02 Å². The Balaban J connectivity index is 1.50. The maximum Gasteiger partial charge on any atom is 0.229 e. The minimum absolute atomic E-state index is 0.110. The SMILES string of the molecule is Cc1ccc(NC(=O)C2CC(=O)N(c3cccc(-c4noc(C)n4)c3)C2)c(Cl)c1. The highest BCUT2D eigenvalue weighted by atomic mass is 35.5. The van der Waals surface area contributed by atoms with Crippen molar-refractivity contribution in [1.29, 1.82) is 0 Å². The van der Waals surface area contributed by atoms with E-state index in [0.29, 0.717) is 34.7 Å². The van der Waals surface area contributed by atoms with Crippen LogP contribution < -0.4 is 10.2 Å². The molecule has 2 aromatic carbocycles. The summed E-state index contributed by atoms with van der Waals surface area (Å²) in [5.41, 5.74) is 2.99. The summed E-state index contributed by atoms with van der Waals surface area (Å²) in [7, 11) is 0. The largest absolute Gasteiger partial charge is 0.339 e. The van der Waals surface area contributed by atoms with Crippen LogP contribution >= 0.6 is 11.6 Å². The maximum atomic E-state index is 12.7. The number of aromatic nitrogens is 2. The lowest BCUT2D eigenvalue weighted by Crippen LogP contribution is -2.28. The van der Waals surface area contributed by atoms with Crippen molar-refractivity contribution in [3.8, 4) is 11.4 Å². The lowest BCUT2D eigenvalue weighted by Gasteiger charge is -2.17. The molecule has 1 aromatic heterocycles. The van der Waals surface area contributed by atoms with E-state index in [2.05, 4.69) is 15.5 Å². The quantitative estimate of drug-likeness (QED) is 0.702. The van der Waals surface area contributed by atoms with Crippen molar-refractivity contribution >= 4 is 34.8 Å². The molecule has 4 rings (SSSR count). The summed E-state index contributed by atoms with van der Waals surface area (Å²) in [6, 6.07) is 12.7. The molecular weight excluding hydrogens is 392 g/mol. The Kier molecular flexibility index (Phi) is 5.07. The standard InChI is InChI=1S/C21H19ClN4O3/c1-12-6-7-18(17(22)8-12)24-21(28)15-10-19(27)26(11-15)16-5-3-4-14(9-16)20-23-13(2)29-25-20/h3-9,15H,10-11H2,1-2H3,(H,24,28). The van der Waals surface area contributed by atoms with Gasteiger partial charge in [-0.1, -0.05) is 35.0 Å². The third-order valence-electron chi connectivity index (χ3n) is 4.82. The molecule has 148 valence electrons. The molecule has 2 amide bonds. The van der Waals surface area contributed by atoms with Crippen molar-refractivity contribution < 1.29 is 14.1 Å². The second kappa shape index (κ2) is 7.67. The summed E-state index contributed by atoms with van der Waals surface area (Å²) >= 11 is 6.20. The Bertz CT molecular complexity index is 1100. The van der Waals surface area contributed by atoms with Gasteiger partial charge in [-0.15, -0.1) is 0 Å². The summed E-state index contributed by atoms with van der Waals surface area (Å²) in [5, 5.41) is 7.22. The summed E-state index contributed by atoms with van der Waals surface area (Å²) in [6.45, 7) is 3.94. The van der Waals surface area contributed by atoms with Crippen LogP contribution in [0.15, 0.2) is 47.0 Å². The molecule has 0 saturated carbocycles. The maximum absolute atomic E-state index is 12.7. The van der Waals surface area contributed by atoms with Crippen LogP contribution in [-0.2, 0) is 9.59 Å². The van der Waals surface area contributed by atoms with E-state index < -0.39 is 5.92 Å². The Labute approximate surface area is 172 Å². The number of aryl methyl sites for hydroxylation is 2. The fourth-order valence-electron chi connectivity index (χ4n) is 3.32. The zero-order valence-corrected chi connectivity index (χ0v) is 16.7. The average molecular weight is 411 g/mol. The second-order valence-electron chi connectivity index (χ2n) is 7.07. The number of halogens is 1. The molecule has 0 spiro atoms. The molecule has 3 aromatic rings. The monoisotopic (exact) mass is 410 g/mol. The summed E-state index contributed by atoms with van der Waals surface area (Å²) < 4.78 is 5.02. The van der Waals surface area contributed by atoms with Crippen LogP contribution in [0.1, 0.15) is 17.9 Å². The van der Waals surface area contributed by atoms with Gasteiger partial charge in [-0.25, -0.2) is 0 Å². The van der Waals surface area contributed by atoms with E-state index in [1.807, 2.05) is 37.3 Å². The van der Waals surface area contributed by atoms with Crippen molar-refractivity contribution in [2.75, 3.05) is 16.8 Å². The molecule has 1 N–H and O–H groups in total. The number of hydrogen-bond donors (Lipinski definition) is 1. The molecule has 1 atom stereocenters. The number of carbonyl (C=O) groups is 2. The van der Waals surface area contributed by atoms with E-state index >= 15 is 0 Å². The first-order valence-corrected chi connectivity index (χ1v) is 9.56. The van der Waals surface area contributed by atoms with Crippen molar-refractivity contribution in [2.24, 2.45) is 5.92 Å². The van der Waals surface area contributed by atoms with Crippen molar-refractivity contribution in [2.45, 2.75) is 20.3 Å². The summed E-state index contributed by atoms with van der Waals surface area (Å²) in [6.07, 6.45) is 0.140. The van der Waals surface area contributed by atoms with E-state index in [4.69, 9.17) is 16.1 Å². The number of nitrogens with zero attached hydrogens (tertiary/aromatic N) is 3. The molecule has 1 fully saturated rings. The van der Waals surface area contributed by atoms with Crippen LogP contribution in [-0.4, -0.2) is 28.5 Å². The van der Waals surface area contributed by atoms with E-state index in [-0.39, 0.29) is 18.2 Å². The average Bonchev–Trinajstić information content (AvgIpc) is 3.30. The van der Waals surface area contributed by atoms with E-state index in [9.17, 15) is 9.59 Å². The zero-order chi connectivity index (χ0) is 20.5. The number of hydrogen-bond acceptors (Lipinski definition) is 5. The minimum atomic E-state index is -0.462. The van der Waals surface area contributed by atoms with Crippen molar-refractivity contribution in [3.63, 3.8) is 0 Å². The smallest absolute Gasteiger partial charge is 0.229 e. The molecule has 29 heavy (non-hydrogen) atoms. The first-order chi connectivity index (χ1) is 13.9. The molecule has 2 heterocycles. The van der Waals surface area contributed by atoms with Crippen LogP contribution in [0.5, 0.6) is 0 Å². The Morgan fingerprint density at radius 2 is 2.07 bits per heavy atom. The van der Waals surface area contributed by atoms with Crippen molar-refractivity contribution in [3.05, 3.63) is 58.9 Å². The van der Waals surface area contributed by atoms with Crippen LogP contribution in [0.25, 0.3) is 11.4 Å². The normalized spacial score (nSPS) is 16.3. The van der Waals surface area contributed by atoms with Gasteiger partial charge >= 0.3 is 0 Å². The zero-order valence-electron chi connectivity index (χ0n) is 16.0. The number of amides is 2. The molecule has 1 aliphatic heterocycles. The molecule has 7 nitrogen and oxygen atoms in total. The third kappa shape index (κ3) is 4.00. The molecule has 1 unspecified atom stereocenters. The van der Waals surface area contributed by atoms with Gasteiger partial charge in [-0.3, -0.25) is 9.59 Å². The van der Waals surface area contributed by atoms with Crippen LogP contribution in [0.3, 0.4) is 0 Å². The molecule has 1 aliphatic rings. The van der Waals surface area contributed by atoms with Gasteiger partial charge in [0.2, 0.25) is 23.5 Å². The van der Waals surface area contributed by atoms with Crippen LogP contribution in [0, 0.1) is 19.8 Å². The molecule has 1 saturated heterocycles. The van der Waals surface area contributed by atoms with Gasteiger partial charge in [0.15, 0.2) is 0 Å². The highest BCUT2D eigenvalue weighted by Gasteiger charge is 2.35. The fourth-order valence-corrected chi connectivity index (χ4v) is 3.60. The van der Waals surface area contributed by atoms with E-state index in [1.165, 1.54) is 0 Å². The summed E-state index contributed by atoms with van der Waals surface area (Å²) in [5.74, 6) is 0.127. The first kappa shape index (κ1) is 19.1. The molecular formula is C21H19ClN4O3. The summed E-state index contributed by atoms with van der Waals surface area (Å²) in [4.78, 5) is 31.1. The van der Waals surface area contributed by atoms with Gasteiger partial charge < -0.3 is 14.7 Å². The topological polar surface area (TPSA) is 88.3 Å². The predicted octanol–water partition coefficient (Wildman–Crippen LogP) is 4.00. The molecule has 0 aliphatic carbocycles. The Morgan fingerprint density at radius 3 is 2.79 bits per heavy atom. The minimum Gasteiger partial charge on any atom is -0.339 e. The predicted molar refractivity (Wildman–Crippen MR) is 110 cm³/mol. The number of rotatable bonds is 4. The lowest BCUT2D eigenvalue weighted by atomic mass is 10.1. The first-order valence-electron chi connectivity index (χ1n) is 9.19. The number of benzene rings is 2.